The minimum absolute atomic E-state index is 0.0286. The lowest BCUT2D eigenvalue weighted by molar-refractivity contribution is -0.258. The number of benzene rings is 1. The highest BCUT2D eigenvalue weighted by atomic mass is 35.5. The van der Waals surface area contributed by atoms with Crippen molar-refractivity contribution in [3.05, 3.63) is 62.0 Å². The van der Waals surface area contributed by atoms with Gasteiger partial charge in [0.2, 0.25) is 5.60 Å². The van der Waals surface area contributed by atoms with Crippen molar-refractivity contribution >= 4 is 28.9 Å². The molecule has 1 aromatic heterocycles. The molecule has 0 aliphatic carbocycles. The first-order chi connectivity index (χ1) is 10.6. The van der Waals surface area contributed by atoms with Gasteiger partial charge in [-0.2, -0.15) is 13.2 Å². The van der Waals surface area contributed by atoms with E-state index in [1.165, 1.54) is 12.1 Å². The maximum atomic E-state index is 14.0. The Kier molecular flexibility index (Phi) is 4.66. The monoisotopic (exact) mass is 366 g/mol. The molecule has 0 bridgehead atoms. The normalized spacial score (nSPS) is 14.5. The molecule has 2 rings (SSSR count). The van der Waals surface area contributed by atoms with Gasteiger partial charge in [0, 0.05) is 35.1 Å². The van der Waals surface area contributed by atoms with E-state index in [1.807, 2.05) is 0 Å². The number of nitrogens with one attached hydrogen (secondary N) is 1. The fraction of sp³-hybridized carbons (Fsp3) is 0.214. The second-order valence-electron chi connectivity index (χ2n) is 4.65. The second-order valence-corrected chi connectivity index (χ2v) is 5.46. The number of alkyl halides is 3. The summed E-state index contributed by atoms with van der Waals surface area (Å²) in [4.78, 5) is 13.8. The first-order valence-electron chi connectivity index (χ1n) is 6.20. The Morgan fingerprint density at radius 2 is 1.83 bits per heavy atom. The summed E-state index contributed by atoms with van der Waals surface area (Å²) in [5.74, 6) is 0. The molecule has 1 unspecified atom stereocenters. The molecule has 0 saturated carbocycles. The lowest BCUT2D eigenvalue weighted by atomic mass is 9.84. The van der Waals surface area contributed by atoms with Gasteiger partial charge in [0.1, 0.15) is 5.02 Å². The number of ether oxygens (including phenoxy) is 1. The molecule has 1 aromatic carbocycles. The number of nitrogens with two attached hydrogens (primary N) is 1. The number of aromatic nitrogens is 1. The summed E-state index contributed by atoms with van der Waals surface area (Å²) in [6.45, 7) is 0. The molecule has 4 nitrogen and oxygen atoms in total. The molecule has 0 radical (unpaired) electrons. The second kappa shape index (κ2) is 6.07. The van der Waals surface area contributed by atoms with Crippen molar-refractivity contribution in [1.82, 2.24) is 4.98 Å². The number of methoxy groups -OCH3 is 1. The highest BCUT2D eigenvalue weighted by Gasteiger charge is 2.60. The average Bonchev–Trinajstić information content (AvgIpc) is 2.46. The minimum atomic E-state index is -4.96. The predicted octanol–water partition coefficient (Wildman–Crippen LogP) is 3.72. The van der Waals surface area contributed by atoms with Crippen LogP contribution in [0.1, 0.15) is 11.1 Å². The fourth-order valence-electron chi connectivity index (χ4n) is 2.35. The molecule has 0 saturated heterocycles. The molecular formula is C14H11Cl2F3N2O2. The van der Waals surface area contributed by atoms with E-state index >= 15 is 0 Å². The van der Waals surface area contributed by atoms with E-state index in [4.69, 9.17) is 33.7 Å². The van der Waals surface area contributed by atoms with Crippen molar-refractivity contribution in [3.8, 4) is 0 Å². The van der Waals surface area contributed by atoms with Crippen LogP contribution in [-0.2, 0) is 10.3 Å². The summed E-state index contributed by atoms with van der Waals surface area (Å²) >= 11 is 11.6. The maximum Gasteiger partial charge on any atom is 0.426 e. The molecule has 0 aliphatic heterocycles. The molecule has 0 fully saturated rings. The van der Waals surface area contributed by atoms with Gasteiger partial charge in [-0.05, 0) is 24.3 Å². The maximum absolute atomic E-state index is 14.0. The summed E-state index contributed by atoms with van der Waals surface area (Å²) in [5.41, 5.74) is 0.560. The highest BCUT2D eigenvalue weighted by molar-refractivity contribution is 6.31. The van der Waals surface area contributed by atoms with E-state index in [1.54, 1.807) is 0 Å². The molecular weight excluding hydrogens is 356 g/mol. The summed E-state index contributed by atoms with van der Waals surface area (Å²) < 4.78 is 46.8. The SMILES string of the molecule is COC(c1cc(Cl)ccc1N)(c1cc[nH]c(=O)c1Cl)C(F)(F)F. The summed E-state index contributed by atoms with van der Waals surface area (Å²) in [5, 5.41) is -0.619. The first-order valence-corrected chi connectivity index (χ1v) is 6.95. The standard InChI is InChI=1S/C14H11Cl2F3N2O2/c1-23-13(14(17,18)19,8-4-5-21-12(22)11(8)16)9-6-7(15)2-3-10(9)20/h2-6H,20H2,1H3,(H,21,22). The van der Waals surface area contributed by atoms with Crippen LogP contribution in [0.3, 0.4) is 0 Å². The van der Waals surface area contributed by atoms with Crippen molar-refractivity contribution < 1.29 is 17.9 Å². The molecule has 0 amide bonds. The van der Waals surface area contributed by atoms with Gasteiger partial charge < -0.3 is 15.5 Å². The number of hydrogen-bond donors (Lipinski definition) is 2. The van der Waals surface area contributed by atoms with Crippen LogP contribution < -0.4 is 11.3 Å². The first kappa shape index (κ1) is 17.7. The van der Waals surface area contributed by atoms with Crippen LogP contribution in [0.15, 0.2) is 35.3 Å². The van der Waals surface area contributed by atoms with Gasteiger partial charge in [-0.15, -0.1) is 0 Å². The van der Waals surface area contributed by atoms with Gasteiger partial charge in [-0.3, -0.25) is 4.79 Å². The predicted molar refractivity (Wildman–Crippen MR) is 81.8 cm³/mol. The lowest BCUT2D eigenvalue weighted by Gasteiger charge is -2.36. The number of hydrogen-bond acceptors (Lipinski definition) is 3. The Hall–Kier alpha value is -1.70. The Balaban J connectivity index is 2.95. The Bertz CT molecular complexity index is 792. The van der Waals surface area contributed by atoms with Crippen LogP contribution in [0.5, 0.6) is 0 Å². The molecule has 1 heterocycles. The quantitative estimate of drug-likeness (QED) is 0.813. The van der Waals surface area contributed by atoms with Gasteiger partial charge in [0.25, 0.3) is 5.56 Å². The largest absolute Gasteiger partial charge is 0.426 e. The topological polar surface area (TPSA) is 68.1 Å². The van der Waals surface area contributed by atoms with E-state index in [0.29, 0.717) is 0 Å². The zero-order valence-electron chi connectivity index (χ0n) is 11.7. The van der Waals surface area contributed by atoms with E-state index in [0.717, 1.165) is 25.4 Å². The molecule has 1 atom stereocenters. The van der Waals surface area contributed by atoms with Gasteiger partial charge in [0.15, 0.2) is 0 Å². The van der Waals surface area contributed by atoms with E-state index < -0.39 is 33.5 Å². The molecule has 9 heteroatoms. The number of pyridine rings is 1. The third kappa shape index (κ3) is 2.80. The third-order valence-corrected chi connectivity index (χ3v) is 3.99. The van der Waals surface area contributed by atoms with E-state index in [2.05, 4.69) is 4.98 Å². The van der Waals surface area contributed by atoms with Crippen molar-refractivity contribution in [3.63, 3.8) is 0 Å². The molecule has 3 N–H and O–H groups in total. The van der Waals surface area contributed by atoms with Crippen LogP contribution in [0.25, 0.3) is 0 Å². The Morgan fingerprint density at radius 1 is 1.17 bits per heavy atom. The van der Waals surface area contributed by atoms with Gasteiger partial charge in [0.05, 0.1) is 0 Å². The third-order valence-electron chi connectivity index (χ3n) is 3.38. The molecule has 23 heavy (non-hydrogen) atoms. The number of rotatable bonds is 3. The number of H-pyrrole nitrogens is 1. The van der Waals surface area contributed by atoms with E-state index in [-0.39, 0.29) is 10.7 Å². The van der Waals surface area contributed by atoms with Gasteiger partial charge in [-0.25, -0.2) is 0 Å². The number of anilines is 1. The Morgan fingerprint density at radius 3 is 2.39 bits per heavy atom. The molecule has 0 aliphatic rings. The smallest absolute Gasteiger partial charge is 0.398 e. The van der Waals surface area contributed by atoms with Crippen LogP contribution in [0.2, 0.25) is 10.0 Å². The number of aromatic amines is 1. The number of nitrogen functional groups attached to an aromatic ring is 1. The van der Waals surface area contributed by atoms with Crippen molar-refractivity contribution in [1.29, 1.82) is 0 Å². The summed E-state index contributed by atoms with van der Waals surface area (Å²) in [6.07, 6.45) is -3.91. The van der Waals surface area contributed by atoms with E-state index in [9.17, 15) is 18.0 Å². The molecule has 2 aromatic rings. The van der Waals surface area contributed by atoms with Crippen LogP contribution >= 0.6 is 23.2 Å². The lowest BCUT2D eigenvalue weighted by Crippen LogP contribution is -2.46. The van der Waals surface area contributed by atoms with Gasteiger partial charge in [-0.1, -0.05) is 23.2 Å². The van der Waals surface area contributed by atoms with Crippen LogP contribution in [0.4, 0.5) is 18.9 Å². The minimum Gasteiger partial charge on any atom is -0.398 e. The Labute approximate surface area is 139 Å². The summed E-state index contributed by atoms with van der Waals surface area (Å²) in [6, 6.07) is 4.61. The highest BCUT2D eigenvalue weighted by Crippen LogP contribution is 2.50. The van der Waals surface area contributed by atoms with Crippen LogP contribution in [0, 0.1) is 0 Å². The van der Waals surface area contributed by atoms with Crippen LogP contribution in [-0.4, -0.2) is 18.3 Å². The average molecular weight is 367 g/mol. The molecule has 0 spiro atoms. The zero-order chi connectivity index (χ0) is 17.4. The van der Waals surface area contributed by atoms with Crippen molar-refractivity contribution in [2.45, 2.75) is 11.8 Å². The molecule has 124 valence electrons. The van der Waals surface area contributed by atoms with Crippen molar-refractivity contribution in [2.24, 2.45) is 0 Å². The van der Waals surface area contributed by atoms with Gasteiger partial charge >= 0.3 is 6.18 Å². The summed E-state index contributed by atoms with van der Waals surface area (Å²) in [7, 11) is 0.853. The fourth-order valence-corrected chi connectivity index (χ4v) is 2.77. The van der Waals surface area contributed by atoms with Crippen molar-refractivity contribution in [2.75, 3.05) is 12.8 Å². The zero-order valence-corrected chi connectivity index (χ0v) is 13.2. The number of halogens is 5.